The molecule has 1 aromatic carbocycles. The van der Waals surface area contributed by atoms with Crippen LogP contribution in [0.4, 0.5) is 0 Å². The van der Waals surface area contributed by atoms with Gasteiger partial charge < -0.3 is 0 Å². The molecule has 21 heavy (non-hydrogen) atoms. The van der Waals surface area contributed by atoms with Crippen LogP contribution in [0, 0.1) is 18.3 Å². The largest absolute Gasteiger partial charge is 0.264 e. The van der Waals surface area contributed by atoms with Crippen LogP contribution in [0.3, 0.4) is 0 Å². The first-order valence-electron chi connectivity index (χ1n) is 6.37. The number of nitrogens with zero attached hydrogens (tertiary/aromatic N) is 2. The van der Waals surface area contributed by atoms with Gasteiger partial charge in [0, 0.05) is 18.4 Å². The number of pyridine rings is 1. The predicted molar refractivity (Wildman–Crippen MR) is 78.9 cm³/mol. The predicted octanol–water partition coefficient (Wildman–Crippen LogP) is 2.30. The summed E-state index contributed by atoms with van der Waals surface area (Å²) >= 11 is 0. The summed E-state index contributed by atoms with van der Waals surface area (Å²) in [5.41, 5.74) is 1.88. The molecule has 0 aliphatic carbocycles. The zero-order valence-electron chi connectivity index (χ0n) is 11.7. The summed E-state index contributed by atoms with van der Waals surface area (Å²) in [6.45, 7) is 3.47. The Balaban J connectivity index is 2.27. The molecule has 0 saturated carbocycles. The minimum absolute atomic E-state index is 0.148. The molecule has 2 rings (SSSR count). The molecule has 0 aliphatic rings. The van der Waals surface area contributed by atoms with Crippen molar-refractivity contribution in [1.82, 2.24) is 9.71 Å². The van der Waals surface area contributed by atoms with Crippen LogP contribution in [0.1, 0.15) is 29.7 Å². The number of benzene rings is 1. The summed E-state index contributed by atoms with van der Waals surface area (Å²) in [5, 5.41) is 8.88. The highest BCUT2D eigenvalue weighted by atomic mass is 32.2. The van der Waals surface area contributed by atoms with E-state index in [0.717, 1.165) is 5.56 Å². The van der Waals surface area contributed by atoms with E-state index in [9.17, 15) is 8.42 Å². The molecule has 0 fully saturated rings. The second-order valence-corrected chi connectivity index (χ2v) is 6.43. The lowest BCUT2D eigenvalue weighted by molar-refractivity contribution is 0.566. The van der Waals surface area contributed by atoms with Crippen molar-refractivity contribution in [2.75, 3.05) is 0 Å². The van der Waals surface area contributed by atoms with Crippen molar-refractivity contribution < 1.29 is 8.42 Å². The molecule has 1 aromatic heterocycles. The van der Waals surface area contributed by atoms with Crippen LogP contribution >= 0.6 is 0 Å². The van der Waals surface area contributed by atoms with Crippen LogP contribution in [0.5, 0.6) is 0 Å². The lowest BCUT2D eigenvalue weighted by Crippen LogP contribution is -2.27. The minimum Gasteiger partial charge on any atom is -0.264 e. The Labute approximate surface area is 124 Å². The molecular weight excluding hydrogens is 286 g/mol. The highest BCUT2D eigenvalue weighted by Gasteiger charge is 2.19. The smallest absolute Gasteiger partial charge is 0.241 e. The molecule has 1 atom stereocenters. The SMILES string of the molecule is Cc1cc(S(=O)(=O)NC(C)c2cccnc2)ccc1C#N. The van der Waals surface area contributed by atoms with Crippen molar-refractivity contribution in [2.24, 2.45) is 0 Å². The topological polar surface area (TPSA) is 82.8 Å². The molecule has 2 aromatic rings. The van der Waals surface area contributed by atoms with Gasteiger partial charge in [-0.15, -0.1) is 0 Å². The van der Waals surface area contributed by atoms with Crippen LogP contribution in [0.15, 0.2) is 47.6 Å². The van der Waals surface area contributed by atoms with E-state index in [0.29, 0.717) is 11.1 Å². The number of rotatable bonds is 4. The Hall–Kier alpha value is -2.23. The summed E-state index contributed by atoms with van der Waals surface area (Å²) < 4.78 is 27.3. The van der Waals surface area contributed by atoms with E-state index in [4.69, 9.17) is 5.26 Å². The molecule has 0 amide bonds. The number of sulfonamides is 1. The van der Waals surface area contributed by atoms with Gasteiger partial charge in [0.1, 0.15) is 0 Å². The van der Waals surface area contributed by atoms with Crippen molar-refractivity contribution in [3.63, 3.8) is 0 Å². The number of hydrogen-bond donors (Lipinski definition) is 1. The van der Waals surface area contributed by atoms with E-state index in [1.165, 1.54) is 18.2 Å². The highest BCUT2D eigenvalue weighted by Crippen LogP contribution is 2.18. The van der Waals surface area contributed by atoms with Gasteiger partial charge in [0.15, 0.2) is 0 Å². The van der Waals surface area contributed by atoms with E-state index in [1.807, 2.05) is 12.1 Å². The summed E-state index contributed by atoms with van der Waals surface area (Å²) in [4.78, 5) is 4.12. The van der Waals surface area contributed by atoms with Crippen LogP contribution in [-0.2, 0) is 10.0 Å². The molecular formula is C15H15N3O2S. The fraction of sp³-hybridized carbons (Fsp3) is 0.200. The lowest BCUT2D eigenvalue weighted by Gasteiger charge is -2.14. The summed E-state index contributed by atoms with van der Waals surface area (Å²) in [6, 6.07) is 9.64. The summed E-state index contributed by atoms with van der Waals surface area (Å²) in [7, 11) is -3.64. The molecule has 0 radical (unpaired) electrons. The first-order chi connectivity index (χ1) is 9.94. The first-order valence-corrected chi connectivity index (χ1v) is 7.85. The molecule has 1 heterocycles. The summed E-state index contributed by atoms with van der Waals surface area (Å²) in [5.74, 6) is 0. The van der Waals surface area contributed by atoms with Gasteiger partial charge in [0.05, 0.1) is 16.5 Å². The standard InChI is InChI=1S/C15H15N3O2S/c1-11-8-15(6-5-13(11)9-16)21(19,20)18-12(2)14-4-3-7-17-10-14/h3-8,10,12,18H,1-2H3. The molecule has 0 spiro atoms. The quantitative estimate of drug-likeness (QED) is 0.939. The molecule has 0 saturated heterocycles. The first kappa shape index (κ1) is 15.2. The maximum atomic E-state index is 12.4. The third-order valence-electron chi connectivity index (χ3n) is 3.14. The Morgan fingerprint density at radius 2 is 2.10 bits per heavy atom. The third kappa shape index (κ3) is 3.45. The van der Waals surface area contributed by atoms with Crippen molar-refractivity contribution in [3.05, 3.63) is 59.4 Å². The Kier molecular flexibility index (Phi) is 4.36. The van der Waals surface area contributed by atoms with Gasteiger partial charge >= 0.3 is 0 Å². The van der Waals surface area contributed by atoms with Crippen LogP contribution < -0.4 is 4.72 Å². The van der Waals surface area contributed by atoms with Gasteiger partial charge in [-0.3, -0.25) is 4.98 Å². The van der Waals surface area contributed by atoms with E-state index < -0.39 is 10.0 Å². The fourth-order valence-corrected chi connectivity index (χ4v) is 3.25. The zero-order valence-corrected chi connectivity index (χ0v) is 12.6. The zero-order chi connectivity index (χ0) is 15.5. The monoisotopic (exact) mass is 301 g/mol. The van der Waals surface area contributed by atoms with Gasteiger partial charge in [-0.25, -0.2) is 13.1 Å². The molecule has 108 valence electrons. The number of nitriles is 1. The van der Waals surface area contributed by atoms with Gasteiger partial charge in [-0.05, 0) is 49.2 Å². The minimum atomic E-state index is -3.64. The van der Waals surface area contributed by atoms with Crippen molar-refractivity contribution >= 4 is 10.0 Å². The van der Waals surface area contributed by atoms with Gasteiger partial charge in [-0.1, -0.05) is 6.07 Å². The van der Waals surface area contributed by atoms with Gasteiger partial charge in [-0.2, -0.15) is 5.26 Å². The number of aromatic nitrogens is 1. The third-order valence-corrected chi connectivity index (χ3v) is 4.68. The van der Waals surface area contributed by atoms with E-state index in [-0.39, 0.29) is 10.9 Å². The van der Waals surface area contributed by atoms with E-state index in [2.05, 4.69) is 9.71 Å². The maximum Gasteiger partial charge on any atom is 0.241 e. The lowest BCUT2D eigenvalue weighted by atomic mass is 10.1. The Bertz CT molecular complexity index is 780. The average Bonchev–Trinajstić information content (AvgIpc) is 2.47. The number of aryl methyl sites for hydroxylation is 1. The molecule has 1 N–H and O–H groups in total. The van der Waals surface area contributed by atoms with Gasteiger partial charge in [0.25, 0.3) is 0 Å². The molecule has 0 aliphatic heterocycles. The van der Waals surface area contributed by atoms with Crippen LogP contribution in [0.2, 0.25) is 0 Å². The number of nitrogens with one attached hydrogen (secondary N) is 1. The average molecular weight is 301 g/mol. The Morgan fingerprint density at radius 3 is 2.67 bits per heavy atom. The van der Waals surface area contributed by atoms with Crippen LogP contribution in [0.25, 0.3) is 0 Å². The highest BCUT2D eigenvalue weighted by molar-refractivity contribution is 7.89. The molecule has 1 unspecified atom stereocenters. The fourth-order valence-electron chi connectivity index (χ4n) is 1.93. The molecule has 5 nitrogen and oxygen atoms in total. The van der Waals surface area contributed by atoms with E-state index in [1.54, 1.807) is 32.3 Å². The van der Waals surface area contributed by atoms with Gasteiger partial charge in [0.2, 0.25) is 10.0 Å². The normalized spacial score (nSPS) is 12.6. The van der Waals surface area contributed by atoms with Crippen molar-refractivity contribution in [1.29, 1.82) is 5.26 Å². The van der Waals surface area contributed by atoms with E-state index >= 15 is 0 Å². The second kappa shape index (κ2) is 6.04. The maximum absolute atomic E-state index is 12.4. The summed E-state index contributed by atoms with van der Waals surface area (Å²) in [6.07, 6.45) is 3.26. The number of hydrogen-bond acceptors (Lipinski definition) is 4. The Morgan fingerprint density at radius 1 is 1.33 bits per heavy atom. The second-order valence-electron chi connectivity index (χ2n) is 4.72. The van der Waals surface area contributed by atoms with Crippen LogP contribution in [-0.4, -0.2) is 13.4 Å². The molecule has 0 bridgehead atoms. The molecule has 6 heteroatoms. The van der Waals surface area contributed by atoms with Crippen molar-refractivity contribution in [2.45, 2.75) is 24.8 Å². The van der Waals surface area contributed by atoms with Crippen molar-refractivity contribution in [3.8, 4) is 6.07 Å².